The number of thiazole rings is 1. The third-order valence-corrected chi connectivity index (χ3v) is 12.4. The van der Waals surface area contributed by atoms with Crippen LogP contribution >= 0.6 is 35.1 Å². The molecular formula is C33H33ClN4O4S3. The van der Waals surface area contributed by atoms with E-state index >= 15 is 0 Å². The lowest BCUT2D eigenvalue weighted by Crippen LogP contribution is -2.43. The number of benzene rings is 3. The minimum Gasteiger partial charge on any atom is -0.497 e. The van der Waals surface area contributed by atoms with E-state index in [0.717, 1.165) is 51.8 Å². The zero-order chi connectivity index (χ0) is 30.3. The van der Waals surface area contributed by atoms with Crippen LogP contribution in [0.3, 0.4) is 0 Å². The molecule has 1 atom stereocenters. The fourth-order valence-electron chi connectivity index (χ4n) is 6.09. The number of fused-ring (bicyclic) bond motifs is 2. The topological polar surface area (TPSA) is 91.8 Å². The van der Waals surface area contributed by atoms with Crippen LogP contribution in [0, 0.1) is 0 Å². The molecule has 4 heterocycles. The lowest BCUT2D eigenvalue weighted by atomic mass is 10.0. The number of nitrogens with zero attached hydrogens (tertiary/aromatic N) is 3. The minimum absolute atomic E-state index is 0. The van der Waals surface area contributed by atoms with E-state index in [1.807, 2.05) is 24.3 Å². The molecule has 234 valence electrons. The minimum atomic E-state index is -3.87. The number of sulfonamides is 1. The number of halogens is 1. The summed E-state index contributed by atoms with van der Waals surface area (Å²) >= 11 is 3.21. The number of nitrogens with one attached hydrogen (secondary N) is 1. The third kappa shape index (κ3) is 6.25. The van der Waals surface area contributed by atoms with Crippen molar-refractivity contribution in [3.63, 3.8) is 0 Å². The van der Waals surface area contributed by atoms with Gasteiger partial charge in [-0.3, -0.25) is 9.69 Å². The van der Waals surface area contributed by atoms with Gasteiger partial charge in [0.25, 0.3) is 0 Å². The van der Waals surface area contributed by atoms with E-state index in [2.05, 4.69) is 40.5 Å². The maximum absolute atomic E-state index is 13.9. The monoisotopic (exact) mass is 680 g/mol. The van der Waals surface area contributed by atoms with Crippen molar-refractivity contribution in [2.75, 3.05) is 25.5 Å². The lowest BCUT2D eigenvalue weighted by Gasteiger charge is -2.27. The van der Waals surface area contributed by atoms with E-state index in [9.17, 15) is 13.2 Å². The molecule has 45 heavy (non-hydrogen) atoms. The largest absolute Gasteiger partial charge is 0.497 e. The Labute approximate surface area is 277 Å². The number of ether oxygens (including phenoxy) is 1. The zero-order valence-electron chi connectivity index (χ0n) is 24.6. The second kappa shape index (κ2) is 13.2. The number of carbonyl (C=O) groups is 1. The molecular weight excluding hydrogens is 648 g/mol. The third-order valence-electron chi connectivity index (χ3n) is 8.30. The molecule has 0 radical (unpaired) electrons. The summed E-state index contributed by atoms with van der Waals surface area (Å²) in [7, 11) is -2.33. The van der Waals surface area contributed by atoms with Crippen molar-refractivity contribution in [1.29, 1.82) is 0 Å². The number of amides is 1. The van der Waals surface area contributed by atoms with Crippen LogP contribution < -0.4 is 10.1 Å². The highest BCUT2D eigenvalue weighted by Crippen LogP contribution is 2.46. The Balaban J connectivity index is 0.00000357. The second-order valence-electron chi connectivity index (χ2n) is 11.1. The smallest absolute Gasteiger partial charge is 0.243 e. The number of carbonyl (C=O) groups excluding carboxylic acids is 1. The van der Waals surface area contributed by atoms with E-state index in [1.165, 1.54) is 39.6 Å². The molecule has 3 aromatic carbocycles. The SMILES string of the molecule is COc1ccc(S(=O)(=O)N2CCCC2C(=O)Nc2sc3c(c2-c2nc4ccccc4s2)CCN(Cc2ccccc2)C3)cc1.Cl. The predicted octanol–water partition coefficient (Wildman–Crippen LogP) is 6.81. The van der Waals surface area contributed by atoms with Crippen LogP contribution in [0.5, 0.6) is 5.75 Å². The Kier molecular flexibility index (Phi) is 9.28. The van der Waals surface area contributed by atoms with Crippen LogP contribution in [-0.2, 0) is 34.3 Å². The molecule has 8 nitrogen and oxygen atoms in total. The molecule has 1 unspecified atom stereocenters. The van der Waals surface area contributed by atoms with Gasteiger partial charge in [-0.15, -0.1) is 35.1 Å². The number of rotatable bonds is 8. The number of hydrogen-bond donors (Lipinski definition) is 1. The molecule has 7 rings (SSSR count). The summed E-state index contributed by atoms with van der Waals surface area (Å²) < 4.78 is 34.9. The van der Waals surface area contributed by atoms with Gasteiger partial charge in [0.15, 0.2) is 0 Å². The molecule has 1 saturated heterocycles. The second-order valence-corrected chi connectivity index (χ2v) is 15.1. The summed E-state index contributed by atoms with van der Waals surface area (Å²) in [5.41, 5.74) is 4.40. The van der Waals surface area contributed by atoms with Gasteiger partial charge in [0.1, 0.15) is 21.8 Å². The summed E-state index contributed by atoms with van der Waals surface area (Å²) in [6.45, 7) is 2.84. The molecule has 0 saturated carbocycles. The van der Waals surface area contributed by atoms with Crippen LogP contribution in [0.15, 0.2) is 83.8 Å². The van der Waals surface area contributed by atoms with Crippen molar-refractivity contribution >= 4 is 66.2 Å². The van der Waals surface area contributed by atoms with Crippen molar-refractivity contribution in [3.05, 3.63) is 94.9 Å². The van der Waals surface area contributed by atoms with Gasteiger partial charge < -0.3 is 10.1 Å². The summed E-state index contributed by atoms with van der Waals surface area (Å²) in [6.07, 6.45) is 1.93. The van der Waals surface area contributed by atoms with Gasteiger partial charge in [0, 0.05) is 36.6 Å². The number of aromatic nitrogens is 1. The Hall–Kier alpha value is -3.32. The fourth-order valence-corrected chi connectivity index (χ4v) is 10.2. The first-order valence-electron chi connectivity index (χ1n) is 14.6. The highest BCUT2D eigenvalue weighted by Gasteiger charge is 2.40. The quantitative estimate of drug-likeness (QED) is 0.194. The first-order chi connectivity index (χ1) is 21.4. The number of para-hydroxylation sites is 1. The fraction of sp³-hybridized carbons (Fsp3) is 0.273. The van der Waals surface area contributed by atoms with Crippen LogP contribution in [-0.4, -0.2) is 54.8 Å². The summed E-state index contributed by atoms with van der Waals surface area (Å²) in [5.74, 6) is 0.271. The Bertz CT molecular complexity index is 1890. The Morgan fingerprint density at radius 1 is 1.00 bits per heavy atom. The number of thiophene rings is 1. The number of anilines is 1. The van der Waals surface area contributed by atoms with Crippen LogP contribution in [0.25, 0.3) is 20.8 Å². The standard InChI is InChI=1S/C33H32N4O4S3.ClH/c1-41-23-13-15-24(16-14-23)44(39,40)37-18-7-11-27(37)31(38)35-33-30(32-34-26-10-5-6-12-28(26)42-32)25-17-19-36(21-29(25)43-33)20-22-8-3-2-4-9-22;/h2-6,8-10,12-16,27H,7,11,17-21H2,1H3,(H,35,38);1H. The average Bonchev–Trinajstić information content (AvgIpc) is 3.78. The zero-order valence-corrected chi connectivity index (χ0v) is 27.9. The van der Waals surface area contributed by atoms with Gasteiger partial charge in [-0.25, -0.2) is 13.4 Å². The highest BCUT2D eigenvalue weighted by atomic mass is 35.5. The summed E-state index contributed by atoms with van der Waals surface area (Å²) in [5, 5.41) is 4.81. The Morgan fingerprint density at radius 2 is 1.76 bits per heavy atom. The lowest BCUT2D eigenvalue weighted by molar-refractivity contribution is -0.119. The normalized spacial score (nSPS) is 17.1. The van der Waals surface area contributed by atoms with E-state index in [4.69, 9.17) is 9.72 Å². The number of methoxy groups -OCH3 is 1. The van der Waals surface area contributed by atoms with Gasteiger partial charge in [0.2, 0.25) is 15.9 Å². The maximum Gasteiger partial charge on any atom is 0.243 e. The molecule has 2 aliphatic heterocycles. The molecule has 1 amide bonds. The van der Waals surface area contributed by atoms with Gasteiger partial charge in [-0.2, -0.15) is 4.31 Å². The van der Waals surface area contributed by atoms with E-state index in [0.29, 0.717) is 25.1 Å². The van der Waals surface area contributed by atoms with E-state index in [1.54, 1.807) is 34.8 Å². The molecule has 5 aromatic rings. The summed E-state index contributed by atoms with van der Waals surface area (Å²) in [4.78, 5) is 22.7. The van der Waals surface area contributed by atoms with Gasteiger partial charge >= 0.3 is 0 Å². The molecule has 0 bridgehead atoms. The predicted molar refractivity (Wildman–Crippen MR) is 183 cm³/mol. The van der Waals surface area contributed by atoms with Crippen molar-refractivity contribution in [2.24, 2.45) is 0 Å². The van der Waals surface area contributed by atoms with Gasteiger partial charge in [-0.1, -0.05) is 42.5 Å². The first-order valence-corrected chi connectivity index (χ1v) is 17.7. The molecule has 2 aromatic heterocycles. The average molecular weight is 681 g/mol. The van der Waals surface area contributed by atoms with Crippen LogP contribution in [0.2, 0.25) is 0 Å². The van der Waals surface area contributed by atoms with Crippen molar-refractivity contribution in [2.45, 2.75) is 43.3 Å². The molecule has 1 fully saturated rings. The molecule has 1 N–H and O–H groups in total. The molecule has 0 aliphatic carbocycles. The van der Waals surface area contributed by atoms with Crippen molar-refractivity contribution < 1.29 is 17.9 Å². The molecule has 12 heteroatoms. The van der Waals surface area contributed by atoms with Gasteiger partial charge in [0.05, 0.1) is 22.2 Å². The molecule has 0 spiro atoms. The maximum atomic E-state index is 13.9. The van der Waals surface area contributed by atoms with E-state index in [-0.39, 0.29) is 23.2 Å². The molecule has 2 aliphatic rings. The van der Waals surface area contributed by atoms with Crippen molar-refractivity contribution in [1.82, 2.24) is 14.2 Å². The van der Waals surface area contributed by atoms with Crippen LogP contribution in [0.4, 0.5) is 5.00 Å². The highest BCUT2D eigenvalue weighted by molar-refractivity contribution is 7.89. The van der Waals surface area contributed by atoms with Gasteiger partial charge in [-0.05, 0) is 66.8 Å². The van der Waals surface area contributed by atoms with Crippen molar-refractivity contribution in [3.8, 4) is 16.3 Å². The van der Waals surface area contributed by atoms with Crippen LogP contribution in [0.1, 0.15) is 28.8 Å². The Morgan fingerprint density at radius 3 is 2.51 bits per heavy atom. The van der Waals surface area contributed by atoms with E-state index < -0.39 is 16.1 Å². The summed E-state index contributed by atoms with van der Waals surface area (Å²) in [6, 6.07) is 24.0. The number of hydrogen-bond acceptors (Lipinski definition) is 8. The first kappa shape index (κ1) is 31.7.